The Labute approximate surface area is 204 Å². The highest BCUT2D eigenvalue weighted by Gasteiger charge is 2.13. The van der Waals surface area contributed by atoms with Gasteiger partial charge in [-0.15, -0.1) is 10.2 Å². The van der Waals surface area contributed by atoms with E-state index in [0.29, 0.717) is 29.2 Å². The first-order chi connectivity index (χ1) is 16.4. The number of hydrogen-bond donors (Lipinski definition) is 2. The van der Waals surface area contributed by atoms with Crippen molar-refractivity contribution in [2.24, 2.45) is 7.05 Å². The second-order valence-electron chi connectivity index (χ2n) is 8.12. The molecule has 0 saturated heterocycles. The second-order valence-corrected chi connectivity index (χ2v) is 9.06. The molecule has 0 bridgehead atoms. The third-order valence-corrected chi connectivity index (χ3v) is 6.22. The van der Waals surface area contributed by atoms with Gasteiger partial charge in [-0.1, -0.05) is 68.1 Å². The van der Waals surface area contributed by atoms with Gasteiger partial charge in [0.1, 0.15) is 5.75 Å². The zero-order chi connectivity index (χ0) is 24.3. The fourth-order valence-corrected chi connectivity index (χ4v) is 3.88. The third kappa shape index (κ3) is 7.91. The number of amides is 2. The fourth-order valence-electron chi connectivity index (χ4n) is 3.12. The Morgan fingerprint density at radius 2 is 1.74 bits per heavy atom. The van der Waals surface area contributed by atoms with Crippen LogP contribution in [-0.4, -0.2) is 45.5 Å². The number of rotatable bonds is 12. The molecule has 0 unspecified atom stereocenters. The van der Waals surface area contributed by atoms with Crippen molar-refractivity contribution >= 4 is 23.6 Å². The summed E-state index contributed by atoms with van der Waals surface area (Å²) in [4.78, 5) is 24.3. The van der Waals surface area contributed by atoms with Crippen LogP contribution >= 0.6 is 11.8 Å². The molecule has 0 atom stereocenters. The maximum Gasteiger partial charge on any atom is 0.258 e. The monoisotopic (exact) mass is 481 g/mol. The average molecular weight is 482 g/mol. The average Bonchev–Trinajstić information content (AvgIpc) is 3.20. The van der Waals surface area contributed by atoms with Crippen LogP contribution in [0.1, 0.15) is 36.7 Å². The Morgan fingerprint density at radius 1 is 1.00 bits per heavy atom. The zero-order valence-electron chi connectivity index (χ0n) is 19.8. The molecular weight excluding hydrogens is 450 g/mol. The molecule has 0 aliphatic heterocycles. The van der Waals surface area contributed by atoms with Gasteiger partial charge in [-0.05, 0) is 35.6 Å². The van der Waals surface area contributed by atoms with Gasteiger partial charge in [0.25, 0.3) is 5.91 Å². The van der Waals surface area contributed by atoms with Gasteiger partial charge in [0.05, 0.1) is 12.3 Å². The van der Waals surface area contributed by atoms with E-state index in [1.165, 1.54) is 22.9 Å². The zero-order valence-corrected chi connectivity index (χ0v) is 20.6. The van der Waals surface area contributed by atoms with Crippen molar-refractivity contribution in [3.05, 3.63) is 71.5 Å². The number of nitrogens with zero attached hydrogens (tertiary/aromatic N) is 3. The summed E-state index contributed by atoms with van der Waals surface area (Å²) in [6.07, 6.45) is 0.790. The predicted octanol–water partition coefficient (Wildman–Crippen LogP) is 3.08. The van der Waals surface area contributed by atoms with Crippen LogP contribution in [0.5, 0.6) is 5.75 Å². The number of carbonyl (C=O) groups is 2. The van der Waals surface area contributed by atoms with E-state index in [-0.39, 0.29) is 30.7 Å². The van der Waals surface area contributed by atoms with Crippen LogP contribution in [0.15, 0.2) is 59.8 Å². The Morgan fingerprint density at radius 3 is 2.44 bits per heavy atom. The van der Waals surface area contributed by atoms with Gasteiger partial charge in [0, 0.05) is 13.6 Å². The summed E-state index contributed by atoms with van der Waals surface area (Å²) in [5, 5.41) is 14.6. The standard InChI is InChI=1S/C25H31N5O3S/c1-18(2)20-9-11-21(12-10-20)33-16-23(31)27-15-22-28-29-25(30(22)3)34-17-24(32)26-14-13-19-7-5-4-6-8-19/h4-12,18H,13-17H2,1-3H3,(H,26,32)(H,27,31). The van der Waals surface area contributed by atoms with Crippen molar-refractivity contribution in [1.29, 1.82) is 0 Å². The van der Waals surface area contributed by atoms with E-state index in [0.717, 1.165) is 6.42 Å². The van der Waals surface area contributed by atoms with Crippen LogP contribution in [0.25, 0.3) is 0 Å². The van der Waals surface area contributed by atoms with E-state index >= 15 is 0 Å². The lowest BCUT2D eigenvalue weighted by atomic mass is 10.0. The van der Waals surface area contributed by atoms with Crippen LogP contribution in [0.4, 0.5) is 0 Å². The summed E-state index contributed by atoms with van der Waals surface area (Å²) in [7, 11) is 1.81. The Balaban J connectivity index is 1.36. The van der Waals surface area contributed by atoms with Crippen LogP contribution in [0.2, 0.25) is 0 Å². The lowest BCUT2D eigenvalue weighted by molar-refractivity contribution is -0.123. The van der Waals surface area contributed by atoms with Gasteiger partial charge >= 0.3 is 0 Å². The van der Waals surface area contributed by atoms with Crippen molar-refractivity contribution in [1.82, 2.24) is 25.4 Å². The topological polar surface area (TPSA) is 98.1 Å². The first-order valence-corrected chi connectivity index (χ1v) is 12.2. The Hall–Kier alpha value is -3.33. The SMILES string of the molecule is CC(C)c1ccc(OCC(=O)NCc2nnc(SCC(=O)NCCc3ccccc3)n2C)cc1. The van der Waals surface area contributed by atoms with E-state index in [2.05, 4.69) is 34.7 Å². The second kappa shape index (κ2) is 12.8. The van der Waals surface area contributed by atoms with Crippen LogP contribution in [0.3, 0.4) is 0 Å². The first-order valence-electron chi connectivity index (χ1n) is 11.2. The lowest BCUT2D eigenvalue weighted by Crippen LogP contribution is -2.29. The highest BCUT2D eigenvalue weighted by atomic mass is 32.2. The summed E-state index contributed by atoms with van der Waals surface area (Å²) in [6.45, 7) is 4.98. The highest BCUT2D eigenvalue weighted by molar-refractivity contribution is 7.99. The van der Waals surface area contributed by atoms with Crippen molar-refractivity contribution in [2.45, 2.75) is 37.9 Å². The lowest BCUT2D eigenvalue weighted by Gasteiger charge is -2.09. The molecule has 2 aromatic carbocycles. The summed E-state index contributed by atoms with van der Waals surface area (Å²) < 4.78 is 7.32. The maximum atomic E-state index is 12.1. The molecule has 1 aromatic heterocycles. The molecule has 9 heteroatoms. The minimum atomic E-state index is -0.247. The molecule has 0 aliphatic carbocycles. The van der Waals surface area contributed by atoms with Gasteiger partial charge in [0.2, 0.25) is 5.91 Å². The third-order valence-electron chi connectivity index (χ3n) is 5.20. The van der Waals surface area contributed by atoms with E-state index in [1.807, 2.05) is 61.6 Å². The van der Waals surface area contributed by atoms with E-state index < -0.39 is 0 Å². The molecule has 2 amide bonds. The molecule has 3 rings (SSSR count). The maximum absolute atomic E-state index is 12.1. The molecular formula is C25H31N5O3S. The first kappa shape index (κ1) is 25.3. The van der Waals surface area contributed by atoms with Gasteiger partial charge in [-0.25, -0.2) is 0 Å². The number of hydrogen-bond acceptors (Lipinski definition) is 6. The largest absolute Gasteiger partial charge is 0.484 e. The molecule has 0 spiro atoms. The number of carbonyl (C=O) groups excluding carboxylic acids is 2. The van der Waals surface area contributed by atoms with E-state index in [4.69, 9.17) is 4.74 Å². The van der Waals surface area contributed by atoms with Crippen LogP contribution < -0.4 is 15.4 Å². The number of ether oxygens (including phenoxy) is 1. The molecule has 0 radical (unpaired) electrons. The minimum absolute atomic E-state index is 0.0580. The van der Waals surface area contributed by atoms with E-state index in [9.17, 15) is 9.59 Å². The van der Waals surface area contributed by atoms with Crippen LogP contribution in [-0.2, 0) is 29.6 Å². The summed E-state index contributed by atoms with van der Waals surface area (Å²) in [6, 6.07) is 17.8. The van der Waals surface area contributed by atoms with Crippen molar-refractivity contribution < 1.29 is 14.3 Å². The summed E-state index contributed by atoms with van der Waals surface area (Å²) in [5.74, 6) is 1.64. The van der Waals surface area contributed by atoms with Crippen molar-refractivity contribution in [3.8, 4) is 5.75 Å². The van der Waals surface area contributed by atoms with Gasteiger partial charge < -0.3 is 19.9 Å². The number of nitrogens with one attached hydrogen (secondary N) is 2. The predicted molar refractivity (Wildman–Crippen MR) is 133 cm³/mol. The molecule has 1 heterocycles. The van der Waals surface area contributed by atoms with Crippen molar-refractivity contribution in [3.63, 3.8) is 0 Å². The van der Waals surface area contributed by atoms with Crippen molar-refractivity contribution in [2.75, 3.05) is 18.9 Å². The molecule has 0 aliphatic rings. The van der Waals surface area contributed by atoms with Gasteiger partial charge in [-0.3, -0.25) is 9.59 Å². The quantitative estimate of drug-likeness (QED) is 0.386. The van der Waals surface area contributed by atoms with Crippen LogP contribution in [0, 0.1) is 0 Å². The molecule has 8 nitrogen and oxygen atoms in total. The Bertz CT molecular complexity index is 1070. The molecule has 2 N–H and O–H groups in total. The smallest absolute Gasteiger partial charge is 0.258 e. The highest BCUT2D eigenvalue weighted by Crippen LogP contribution is 2.18. The molecule has 0 saturated carbocycles. The normalized spacial score (nSPS) is 10.8. The molecule has 180 valence electrons. The minimum Gasteiger partial charge on any atom is -0.484 e. The number of thioether (sulfide) groups is 1. The number of benzene rings is 2. The summed E-state index contributed by atoms with van der Waals surface area (Å²) >= 11 is 1.31. The molecule has 0 fully saturated rings. The molecule has 3 aromatic rings. The fraction of sp³-hybridized carbons (Fsp3) is 0.360. The summed E-state index contributed by atoms with van der Waals surface area (Å²) in [5.41, 5.74) is 2.40. The molecule has 34 heavy (non-hydrogen) atoms. The Kier molecular flexibility index (Phi) is 9.51. The number of aromatic nitrogens is 3. The van der Waals surface area contributed by atoms with Gasteiger partial charge in [0.15, 0.2) is 17.6 Å². The van der Waals surface area contributed by atoms with E-state index in [1.54, 1.807) is 4.57 Å². The van der Waals surface area contributed by atoms with Gasteiger partial charge in [-0.2, -0.15) is 0 Å².